The molecule has 0 atom stereocenters. The fourth-order valence-corrected chi connectivity index (χ4v) is 2.03. The monoisotopic (exact) mass is 290 g/mol. The van der Waals surface area contributed by atoms with Crippen LogP contribution in [0.4, 0.5) is 4.39 Å². The summed E-state index contributed by atoms with van der Waals surface area (Å²) in [6, 6.07) is 11.9. The Morgan fingerprint density at radius 1 is 1.15 bits per heavy atom. The van der Waals surface area contributed by atoms with E-state index in [-0.39, 0.29) is 6.67 Å². The third-order valence-corrected chi connectivity index (χ3v) is 3.05. The van der Waals surface area contributed by atoms with Gasteiger partial charge in [0.25, 0.3) is 0 Å². The molecule has 0 fully saturated rings. The molecule has 2 rings (SSSR count). The van der Waals surface area contributed by atoms with E-state index in [2.05, 4.69) is 11.8 Å². The van der Waals surface area contributed by atoms with E-state index in [4.69, 9.17) is 16.3 Å². The summed E-state index contributed by atoms with van der Waals surface area (Å²) in [6.45, 7) is -0.0140. The molecule has 0 unspecified atom stereocenters. The van der Waals surface area contributed by atoms with Crippen molar-refractivity contribution in [1.82, 2.24) is 0 Å². The van der Waals surface area contributed by atoms with Crippen molar-refractivity contribution in [3.8, 4) is 17.6 Å². The highest BCUT2D eigenvalue weighted by molar-refractivity contribution is 6.18. The van der Waals surface area contributed by atoms with Crippen molar-refractivity contribution in [3.63, 3.8) is 0 Å². The summed E-state index contributed by atoms with van der Waals surface area (Å²) >= 11 is 5.65. The summed E-state index contributed by atoms with van der Waals surface area (Å²) in [6.07, 6.45) is 1.02. The third kappa shape index (κ3) is 3.65. The lowest BCUT2D eigenvalue weighted by molar-refractivity contribution is 0.289. The average Bonchev–Trinajstić information content (AvgIpc) is 2.49. The van der Waals surface area contributed by atoms with Gasteiger partial charge in [-0.05, 0) is 11.5 Å². The molecule has 2 aromatic carbocycles. The molecular weight excluding hydrogens is 275 g/mol. The van der Waals surface area contributed by atoms with E-state index >= 15 is 0 Å². The van der Waals surface area contributed by atoms with Crippen LogP contribution in [0.1, 0.15) is 18.4 Å². The Bertz CT molecular complexity index is 628. The number of fused-ring (bicyclic) bond motifs is 1. The molecule has 104 valence electrons. The van der Waals surface area contributed by atoms with Crippen molar-refractivity contribution in [2.45, 2.75) is 12.8 Å². The van der Waals surface area contributed by atoms with Gasteiger partial charge in [-0.15, -0.1) is 11.6 Å². The Kier molecular flexibility index (Phi) is 5.70. The number of rotatable bonds is 5. The van der Waals surface area contributed by atoms with Crippen molar-refractivity contribution in [2.75, 3.05) is 19.2 Å². The van der Waals surface area contributed by atoms with Gasteiger partial charge in [-0.2, -0.15) is 0 Å². The molecular formula is C17H16ClFO. The summed E-state index contributed by atoms with van der Waals surface area (Å²) in [5.41, 5.74) is 0.854. The summed E-state index contributed by atoms with van der Waals surface area (Å²) in [5.74, 6) is 7.39. The minimum absolute atomic E-state index is 0.360. The second-order valence-corrected chi connectivity index (χ2v) is 4.67. The average molecular weight is 291 g/mol. The first kappa shape index (κ1) is 14.7. The van der Waals surface area contributed by atoms with Gasteiger partial charge in [-0.1, -0.05) is 42.2 Å². The number of hydrogen-bond acceptors (Lipinski definition) is 1. The minimum atomic E-state index is -0.374. The lowest BCUT2D eigenvalue weighted by atomic mass is 10.0. The zero-order valence-electron chi connectivity index (χ0n) is 11.2. The van der Waals surface area contributed by atoms with Crippen LogP contribution in [-0.4, -0.2) is 19.2 Å². The maximum Gasteiger partial charge on any atom is 0.135 e. The smallest absolute Gasteiger partial charge is 0.135 e. The summed E-state index contributed by atoms with van der Waals surface area (Å²) in [4.78, 5) is 0. The maximum absolute atomic E-state index is 12.2. The third-order valence-electron chi connectivity index (χ3n) is 2.86. The van der Waals surface area contributed by atoms with E-state index in [1.807, 2.05) is 36.4 Å². The van der Waals surface area contributed by atoms with Crippen molar-refractivity contribution in [2.24, 2.45) is 0 Å². The van der Waals surface area contributed by atoms with E-state index in [0.29, 0.717) is 31.1 Å². The second-order valence-electron chi connectivity index (χ2n) is 4.29. The fraction of sp³-hybridized carbons (Fsp3) is 0.294. The van der Waals surface area contributed by atoms with Crippen molar-refractivity contribution in [1.29, 1.82) is 0 Å². The second kappa shape index (κ2) is 7.77. The summed E-state index contributed by atoms with van der Waals surface area (Å²) < 4.78 is 17.8. The van der Waals surface area contributed by atoms with Crippen LogP contribution in [-0.2, 0) is 0 Å². The quantitative estimate of drug-likeness (QED) is 0.446. The summed E-state index contributed by atoms with van der Waals surface area (Å²) in [5, 5.41) is 2.16. The Morgan fingerprint density at radius 3 is 2.80 bits per heavy atom. The van der Waals surface area contributed by atoms with Gasteiger partial charge in [0.1, 0.15) is 5.75 Å². The van der Waals surface area contributed by atoms with Gasteiger partial charge < -0.3 is 4.74 Å². The highest BCUT2D eigenvalue weighted by Gasteiger charge is 2.06. The van der Waals surface area contributed by atoms with E-state index in [1.165, 1.54) is 0 Å². The highest BCUT2D eigenvalue weighted by Crippen LogP contribution is 2.27. The van der Waals surface area contributed by atoms with Crippen LogP contribution in [0.5, 0.6) is 5.75 Å². The van der Waals surface area contributed by atoms with Crippen LogP contribution in [0.15, 0.2) is 36.4 Å². The topological polar surface area (TPSA) is 9.23 Å². The van der Waals surface area contributed by atoms with Gasteiger partial charge >= 0.3 is 0 Å². The first-order chi connectivity index (χ1) is 9.86. The SMILES string of the molecule is FCCCOc1ccc2ccccc2c1C#CCCCl. The molecule has 20 heavy (non-hydrogen) atoms. The molecule has 0 aromatic heterocycles. The van der Waals surface area contributed by atoms with Gasteiger partial charge in [0.05, 0.1) is 18.8 Å². The minimum Gasteiger partial charge on any atom is -0.492 e. The number of alkyl halides is 2. The molecule has 0 bridgehead atoms. The number of hydrogen-bond donors (Lipinski definition) is 0. The molecule has 2 aromatic rings. The Hall–Kier alpha value is -1.72. The predicted molar refractivity (Wildman–Crippen MR) is 82.3 cm³/mol. The molecule has 0 aliphatic heterocycles. The van der Waals surface area contributed by atoms with E-state index in [1.54, 1.807) is 0 Å². The largest absolute Gasteiger partial charge is 0.492 e. The molecule has 0 saturated carbocycles. The molecule has 0 aliphatic carbocycles. The molecule has 0 amide bonds. The fourth-order valence-electron chi connectivity index (χ4n) is 1.94. The van der Waals surface area contributed by atoms with Crippen molar-refractivity contribution >= 4 is 22.4 Å². The predicted octanol–water partition coefficient (Wildman–Crippen LogP) is 4.56. The Labute approximate surface area is 123 Å². The van der Waals surface area contributed by atoms with E-state index < -0.39 is 0 Å². The van der Waals surface area contributed by atoms with Gasteiger partial charge in [0, 0.05) is 24.1 Å². The van der Waals surface area contributed by atoms with Crippen LogP contribution in [0.2, 0.25) is 0 Å². The van der Waals surface area contributed by atoms with Crippen LogP contribution < -0.4 is 4.74 Å². The molecule has 0 heterocycles. The zero-order valence-corrected chi connectivity index (χ0v) is 11.9. The van der Waals surface area contributed by atoms with E-state index in [9.17, 15) is 4.39 Å². The Balaban J connectivity index is 2.40. The normalized spacial score (nSPS) is 10.1. The number of halogens is 2. The lowest BCUT2D eigenvalue weighted by Gasteiger charge is -2.10. The van der Waals surface area contributed by atoms with Crippen molar-refractivity contribution < 1.29 is 9.13 Å². The molecule has 0 radical (unpaired) electrons. The van der Waals surface area contributed by atoms with Gasteiger partial charge in [0.15, 0.2) is 0 Å². The van der Waals surface area contributed by atoms with Gasteiger partial charge in [-0.25, -0.2) is 0 Å². The molecule has 3 heteroatoms. The van der Waals surface area contributed by atoms with Crippen LogP contribution in [0.3, 0.4) is 0 Å². The van der Waals surface area contributed by atoms with Crippen LogP contribution in [0, 0.1) is 11.8 Å². The molecule has 0 aliphatic rings. The first-order valence-corrected chi connectivity index (χ1v) is 7.15. The maximum atomic E-state index is 12.2. The standard InChI is InChI=1S/C17H16ClFO/c18-11-4-3-8-16-15-7-2-1-6-14(15)9-10-17(16)20-13-5-12-19/h1-2,6-7,9-10H,4-5,11-13H2. The highest BCUT2D eigenvalue weighted by atomic mass is 35.5. The lowest BCUT2D eigenvalue weighted by Crippen LogP contribution is -2.00. The summed E-state index contributed by atoms with van der Waals surface area (Å²) in [7, 11) is 0. The molecule has 0 N–H and O–H groups in total. The zero-order chi connectivity index (χ0) is 14.2. The van der Waals surface area contributed by atoms with Gasteiger partial charge in [-0.3, -0.25) is 4.39 Å². The molecule has 0 saturated heterocycles. The van der Waals surface area contributed by atoms with Crippen LogP contribution >= 0.6 is 11.6 Å². The number of benzene rings is 2. The van der Waals surface area contributed by atoms with E-state index in [0.717, 1.165) is 16.3 Å². The molecule has 0 spiro atoms. The Morgan fingerprint density at radius 2 is 2.00 bits per heavy atom. The first-order valence-electron chi connectivity index (χ1n) is 6.62. The number of ether oxygens (including phenoxy) is 1. The van der Waals surface area contributed by atoms with Crippen LogP contribution in [0.25, 0.3) is 10.8 Å². The molecule has 1 nitrogen and oxygen atoms in total. The van der Waals surface area contributed by atoms with Crippen molar-refractivity contribution in [3.05, 3.63) is 42.0 Å². The van der Waals surface area contributed by atoms with Gasteiger partial charge in [0.2, 0.25) is 0 Å².